The number of hydrogen-bond acceptors (Lipinski definition) is 3. The third-order valence-corrected chi connectivity index (χ3v) is 3.44. The summed E-state index contributed by atoms with van der Waals surface area (Å²) >= 11 is 0. The zero-order valence-electron chi connectivity index (χ0n) is 9.57. The molecule has 1 aromatic carbocycles. The first-order valence-electron chi connectivity index (χ1n) is 4.41. The molecule has 0 aliphatic heterocycles. The predicted octanol–water partition coefficient (Wildman–Crippen LogP) is 2.29. The molecule has 0 spiro atoms. The molecule has 0 fully saturated rings. The van der Waals surface area contributed by atoms with Crippen LogP contribution in [0.2, 0.25) is 0 Å². The SMILES string of the molecule is COc1c(C)cc(C)c(S(=O)(=O)O)c1C.Cl. The molecular formula is C10H15ClO4S. The Morgan fingerprint density at radius 1 is 1.19 bits per heavy atom. The van der Waals surface area contributed by atoms with Gasteiger partial charge in [-0.2, -0.15) is 8.42 Å². The average molecular weight is 267 g/mol. The normalized spacial score (nSPS) is 10.8. The Morgan fingerprint density at radius 3 is 2.06 bits per heavy atom. The molecule has 0 aliphatic rings. The first-order chi connectivity index (χ1) is 6.79. The van der Waals surface area contributed by atoms with Gasteiger partial charge in [0.15, 0.2) is 0 Å². The van der Waals surface area contributed by atoms with Crippen molar-refractivity contribution < 1.29 is 17.7 Å². The van der Waals surface area contributed by atoms with E-state index in [1.165, 1.54) is 7.11 Å². The molecule has 0 aliphatic carbocycles. The average Bonchev–Trinajstić information content (AvgIpc) is 2.00. The fourth-order valence-corrected chi connectivity index (χ4v) is 2.81. The molecular weight excluding hydrogens is 252 g/mol. The number of aryl methyl sites for hydroxylation is 2. The molecule has 16 heavy (non-hydrogen) atoms. The molecule has 0 radical (unpaired) electrons. The van der Waals surface area contributed by atoms with E-state index in [2.05, 4.69) is 0 Å². The molecule has 0 unspecified atom stereocenters. The number of hydrogen-bond donors (Lipinski definition) is 1. The Balaban J connectivity index is 0.00000225. The quantitative estimate of drug-likeness (QED) is 0.834. The highest BCUT2D eigenvalue weighted by molar-refractivity contribution is 7.86. The summed E-state index contributed by atoms with van der Waals surface area (Å²) < 4.78 is 36.5. The minimum atomic E-state index is -4.19. The second kappa shape index (κ2) is 5.03. The zero-order chi connectivity index (χ0) is 11.8. The Bertz CT molecular complexity index is 494. The third kappa shape index (κ3) is 2.66. The van der Waals surface area contributed by atoms with Crippen LogP contribution in [0, 0.1) is 20.8 Å². The first-order valence-corrected chi connectivity index (χ1v) is 5.85. The van der Waals surface area contributed by atoms with Crippen LogP contribution in [0.4, 0.5) is 0 Å². The topological polar surface area (TPSA) is 63.6 Å². The van der Waals surface area contributed by atoms with Crippen LogP contribution in [0.3, 0.4) is 0 Å². The van der Waals surface area contributed by atoms with Crippen LogP contribution in [0.15, 0.2) is 11.0 Å². The molecule has 0 amide bonds. The van der Waals surface area contributed by atoms with Gasteiger partial charge >= 0.3 is 0 Å². The molecule has 92 valence electrons. The molecule has 0 saturated heterocycles. The van der Waals surface area contributed by atoms with Gasteiger partial charge in [-0.05, 0) is 31.9 Å². The minimum absolute atomic E-state index is 0. The largest absolute Gasteiger partial charge is 0.496 e. The van der Waals surface area contributed by atoms with Gasteiger partial charge in [-0.1, -0.05) is 6.07 Å². The summed E-state index contributed by atoms with van der Waals surface area (Å²) in [4.78, 5) is -0.0649. The van der Waals surface area contributed by atoms with E-state index in [4.69, 9.17) is 9.29 Å². The molecule has 0 saturated carbocycles. The summed E-state index contributed by atoms with van der Waals surface area (Å²) in [5.74, 6) is 0.494. The van der Waals surface area contributed by atoms with E-state index >= 15 is 0 Å². The predicted molar refractivity (Wildman–Crippen MR) is 64.3 cm³/mol. The van der Waals surface area contributed by atoms with Crippen molar-refractivity contribution in [3.63, 3.8) is 0 Å². The number of methoxy groups -OCH3 is 1. The van der Waals surface area contributed by atoms with Crippen LogP contribution in [0.5, 0.6) is 5.75 Å². The molecule has 0 atom stereocenters. The van der Waals surface area contributed by atoms with Crippen molar-refractivity contribution in [1.82, 2.24) is 0 Å². The van der Waals surface area contributed by atoms with Gasteiger partial charge in [-0.25, -0.2) is 0 Å². The monoisotopic (exact) mass is 266 g/mol. The van der Waals surface area contributed by atoms with Crippen molar-refractivity contribution in [3.8, 4) is 5.75 Å². The number of ether oxygens (including phenoxy) is 1. The second-order valence-corrected chi connectivity index (χ2v) is 4.83. The summed E-state index contributed by atoms with van der Waals surface area (Å²) in [5.41, 5.74) is 1.81. The van der Waals surface area contributed by atoms with E-state index in [1.54, 1.807) is 19.9 Å². The van der Waals surface area contributed by atoms with Gasteiger partial charge in [0.25, 0.3) is 10.1 Å². The van der Waals surface area contributed by atoms with Crippen LogP contribution in [0.25, 0.3) is 0 Å². The van der Waals surface area contributed by atoms with Crippen LogP contribution < -0.4 is 4.74 Å². The lowest BCUT2D eigenvalue weighted by atomic mass is 10.1. The maximum atomic E-state index is 11.2. The second-order valence-electron chi connectivity index (χ2n) is 3.47. The lowest BCUT2D eigenvalue weighted by molar-refractivity contribution is 0.405. The molecule has 4 nitrogen and oxygen atoms in total. The summed E-state index contributed by atoms with van der Waals surface area (Å²) in [5, 5.41) is 0. The van der Waals surface area contributed by atoms with E-state index in [0.29, 0.717) is 16.9 Å². The van der Waals surface area contributed by atoms with E-state index in [1.807, 2.05) is 6.92 Å². The minimum Gasteiger partial charge on any atom is -0.496 e. The molecule has 0 aromatic heterocycles. The van der Waals surface area contributed by atoms with Crippen LogP contribution >= 0.6 is 12.4 Å². The van der Waals surface area contributed by atoms with Crippen LogP contribution in [-0.2, 0) is 10.1 Å². The molecule has 1 aromatic rings. The summed E-state index contributed by atoms with van der Waals surface area (Å²) in [7, 11) is -2.72. The molecule has 0 bridgehead atoms. The van der Waals surface area contributed by atoms with Gasteiger partial charge in [0.1, 0.15) is 10.6 Å². The van der Waals surface area contributed by atoms with Crippen molar-refractivity contribution in [2.75, 3.05) is 7.11 Å². The zero-order valence-corrected chi connectivity index (χ0v) is 11.2. The third-order valence-electron chi connectivity index (χ3n) is 2.29. The fourth-order valence-electron chi connectivity index (χ4n) is 1.86. The summed E-state index contributed by atoms with van der Waals surface area (Å²) in [6, 6.07) is 1.68. The van der Waals surface area contributed by atoms with Gasteiger partial charge in [0, 0.05) is 5.56 Å². The van der Waals surface area contributed by atoms with Crippen molar-refractivity contribution in [2.45, 2.75) is 25.7 Å². The number of benzene rings is 1. The smallest absolute Gasteiger partial charge is 0.295 e. The number of halogens is 1. The maximum absolute atomic E-state index is 11.2. The Hall–Kier alpha value is -0.780. The van der Waals surface area contributed by atoms with Crippen molar-refractivity contribution in [2.24, 2.45) is 0 Å². The Labute approximate surface area is 102 Å². The molecule has 1 N–H and O–H groups in total. The molecule has 6 heteroatoms. The number of rotatable bonds is 2. The lowest BCUT2D eigenvalue weighted by Crippen LogP contribution is -2.06. The van der Waals surface area contributed by atoms with Gasteiger partial charge in [-0.3, -0.25) is 4.55 Å². The van der Waals surface area contributed by atoms with Crippen molar-refractivity contribution in [1.29, 1.82) is 0 Å². The molecule has 0 heterocycles. The van der Waals surface area contributed by atoms with Crippen molar-refractivity contribution in [3.05, 3.63) is 22.8 Å². The van der Waals surface area contributed by atoms with E-state index in [9.17, 15) is 8.42 Å². The van der Waals surface area contributed by atoms with E-state index in [-0.39, 0.29) is 17.3 Å². The highest BCUT2D eigenvalue weighted by Gasteiger charge is 2.20. The van der Waals surface area contributed by atoms with E-state index in [0.717, 1.165) is 5.56 Å². The highest BCUT2D eigenvalue weighted by atomic mass is 35.5. The molecule has 1 rings (SSSR count). The summed E-state index contributed by atoms with van der Waals surface area (Å²) in [6.45, 7) is 5.08. The van der Waals surface area contributed by atoms with Crippen LogP contribution in [-0.4, -0.2) is 20.1 Å². The fraction of sp³-hybridized carbons (Fsp3) is 0.400. The lowest BCUT2D eigenvalue weighted by Gasteiger charge is -2.13. The summed E-state index contributed by atoms with van der Waals surface area (Å²) in [6.07, 6.45) is 0. The first kappa shape index (κ1) is 15.2. The Kier molecular flexibility index (Phi) is 4.79. The maximum Gasteiger partial charge on any atom is 0.295 e. The van der Waals surface area contributed by atoms with Gasteiger partial charge in [0.2, 0.25) is 0 Å². The van der Waals surface area contributed by atoms with E-state index < -0.39 is 10.1 Å². The van der Waals surface area contributed by atoms with Gasteiger partial charge < -0.3 is 4.74 Å². The van der Waals surface area contributed by atoms with Gasteiger partial charge in [-0.15, -0.1) is 12.4 Å². The van der Waals surface area contributed by atoms with Gasteiger partial charge in [0.05, 0.1) is 7.11 Å². The Morgan fingerprint density at radius 2 is 1.69 bits per heavy atom. The highest BCUT2D eigenvalue weighted by Crippen LogP contribution is 2.31. The van der Waals surface area contributed by atoms with Crippen LogP contribution in [0.1, 0.15) is 16.7 Å². The standard InChI is InChI=1S/C10H14O4S.ClH/c1-6-5-7(2)10(15(11,12)13)8(3)9(6)14-4;/h5H,1-4H3,(H,11,12,13);1H. The van der Waals surface area contributed by atoms with Crippen molar-refractivity contribution >= 4 is 22.5 Å².